The lowest BCUT2D eigenvalue weighted by atomic mass is 9.92. The second-order valence-corrected chi connectivity index (χ2v) is 8.34. The van der Waals surface area contributed by atoms with Crippen LogP contribution in [0.4, 0.5) is 16.0 Å². The molecule has 2 fully saturated rings. The van der Waals surface area contributed by atoms with Gasteiger partial charge in [0.2, 0.25) is 11.8 Å². The molecule has 9 nitrogen and oxygen atoms in total. The van der Waals surface area contributed by atoms with Crippen LogP contribution in [0.3, 0.4) is 0 Å². The number of aromatic nitrogens is 5. The second kappa shape index (κ2) is 8.42. The van der Waals surface area contributed by atoms with Crippen molar-refractivity contribution < 1.29 is 18.0 Å². The number of hydrogen-bond donors (Lipinski definition) is 1. The molecule has 11 heteroatoms. The van der Waals surface area contributed by atoms with Gasteiger partial charge < -0.3 is 19.7 Å². The van der Waals surface area contributed by atoms with E-state index in [0.29, 0.717) is 17.7 Å². The molecular formula is C21H23ClFN7O2. The van der Waals surface area contributed by atoms with E-state index in [1.54, 1.807) is 13.3 Å². The summed E-state index contributed by atoms with van der Waals surface area (Å²) in [5.74, 6) is 0.759. The summed E-state index contributed by atoms with van der Waals surface area (Å²) in [5.41, 5.74) is 0.950. The second-order valence-electron chi connectivity index (χ2n) is 7.94. The van der Waals surface area contributed by atoms with E-state index >= 15 is 0 Å². The highest BCUT2D eigenvalue weighted by atomic mass is 35.5. The molecule has 1 N–H and O–H groups in total. The lowest BCUT2D eigenvalue weighted by Gasteiger charge is -2.39. The van der Waals surface area contributed by atoms with Crippen LogP contribution in [0.25, 0.3) is 0 Å². The summed E-state index contributed by atoms with van der Waals surface area (Å²) in [5, 5.41) is 15.3. The molecule has 2 aliphatic rings. The van der Waals surface area contributed by atoms with Crippen LogP contribution in [0.15, 0.2) is 30.5 Å². The van der Waals surface area contributed by atoms with Gasteiger partial charge in [-0.25, -0.2) is 9.07 Å². The number of ether oxygens (including phenoxy) is 2. The summed E-state index contributed by atoms with van der Waals surface area (Å²) < 4.78 is 48.5. The summed E-state index contributed by atoms with van der Waals surface area (Å²) in [6, 6.07) is 5.42. The van der Waals surface area contributed by atoms with Gasteiger partial charge in [-0.1, -0.05) is 11.6 Å². The van der Waals surface area contributed by atoms with Crippen LogP contribution in [0.2, 0.25) is 5.02 Å². The molecule has 168 valence electrons. The Bertz CT molecular complexity index is 1210. The number of rotatable bonds is 6. The molecule has 0 radical (unpaired) electrons. The van der Waals surface area contributed by atoms with Gasteiger partial charge in [0.05, 0.1) is 24.0 Å². The Morgan fingerprint density at radius 1 is 1.25 bits per heavy atom. The maximum atomic E-state index is 13.5. The van der Waals surface area contributed by atoms with Crippen LogP contribution in [0.5, 0.6) is 17.6 Å². The van der Waals surface area contributed by atoms with Crippen molar-refractivity contribution in [3.05, 3.63) is 41.3 Å². The Morgan fingerprint density at radius 3 is 2.78 bits per heavy atom. The zero-order chi connectivity index (χ0) is 24.7. The zero-order valence-electron chi connectivity index (χ0n) is 20.2. The highest BCUT2D eigenvalue weighted by molar-refractivity contribution is 6.30. The van der Waals surface area contributed by atoms with E-state index < -0.39 is 12.8 Å². The van der Waals surface area contributed by atoms with Gasteiger partial charge in [-0.2, -0.15) is 10.1 Å². The smallest absolute Gasteiger partial charge is 0.321 e. The van der Waals surface area contributed by atoms with Crippen LogP contribution in [0, 0.1) is 17.7 Å². The zero-order valence-corrected chi connectivity index (χ0v) is 18.0. The summed E-state index contributed by atoms with van der Waals surface area (Å²) in [6.45, 7) is -1.04. The van der Waals surface area contributed by atoms with Crippen molar-refractivity contribution in [1.29, 1.82) is 0 Å². The fourth-order valence-electron chi connectivity index (χ4n) is 4.50. The van der Waals surface area contributed by atoms with Gasteiger partial charge >= 0.3 is 6.01 Å². The van der Waals surface area contributed by atoms with E-state index in [9.17, 15) is 4.39 Å². The minimum Gasteiger partial charge on any atom is -0.480 e. The van der Waals surface area contributed by atoms with Crippen LogP contribution >= 0.6 is 11.6 Å². The molecular weight excluding hydrogens is 437 g/mol. The number of hydrogen-bond acceptors (Lipinski definition) is 8. The maximum absolute atomic E-state index is 13.5. The molecule has 2 bridgehead atoms. The van der Waals surface area contributed by atoms with E-state index in [-0.39, 0.29) is 28.8 Å². The van der Waals surface area contributed by atoms with Crippen molar-refractivity contribution in [3.63, 3.8) is 0 Å². The number of aryl methyl sites for hydroxylation is 1. The minimum absolute atomic E-state index is 0.0727. The van der Waals surface area contributed by atoms with E-state index in [1.807, 2.05) is 6.07 Å². The third-order valence-corrected chi connectivity index (χ3v) is 6.29. The average molecular weight is 463 g/mol. The predicted molar refractivity (Wildman–Crippen MR) is 117 cm³/mol. The Hall–Kier alpha value is -3.14. The van der Waals surface area contributed by atoms with Crippen LogP contribution in [-0.2, 0) is 6.98 Å². The topological polar surface area (TPSA) is 90.2 Å². The number of halogens is 2. The van der Waals surface area contributed by atoms with E-state index in [1.165, 1.54) is 12.1 Å². The third kappa shape index (κ3) is 4.02. The fraction of sp³-hybridized carbons (Fsp3) is 0.429. The van der Waals surface area contributed by atoms with Crippen LogP contribution in [-0.4, -0.2) is 51.2 Å². The molecule has 2 aromatic heterocycles. The number of nitrogens with one attached hydrogen (secondary N) is 1. The molecule has 1 saturated heterocycles. The summed E-state index contributed by atoms with van der Waals surface area (Å²) >= 11 is 5.82. The maximum Gasteiger partial charge on any atom is 0.321 e. The first-order valence-corrected chi connectivity index (χ1v) is 10.6. The molecule has 1 aliphatic heterocycles. The summed E-state index contributed by atoms with van der Waals surface area (Å²) in [7, 11) is 1.56. The molecule has 5 rings (SSSR count). The van der Waals surface area contributed by atoms with E-state index in [0.717, 1.165) is 42.4 Å². The highest BCUT2D eigenvalue weighted by Crippen LogP contribution is 2.40. The quantitative estimate of drug-likeness (QED) is 0.595. The monoisotopic (exact) mass is 462 g/mol. The minimum atomic E-state index is -2.62. The van der Waals surface area contributed by atoms with Crippen molar-refractivity contribution in [3.8, 4) is 17.6 Å². The van der Waals surface area contributed by atoms with Crippen molar-refractivity contribution in [1.82, 2.24) is 25.0 Å². The van der Waals surface area contributed by atoms with Gasteiger partial charge in [0.25, 0.3) is 0 Å². The first-order valence-electron chi connectivity index (χ1n) is 11.7. The molecule has 0 spiro atoms. The summed E-state index contributed by atoms with van der Waals surface area (Å²) in [4.78, 5) is 6.55. The third-order valence-electron chi connectivity index (χ3n) is 6.00. The van der Waals surface area contributed by atoms with Crippen molar-refractivity contribution in [2.75, 3.05) is 30.4 Å². The fourth-order valence-corrected chi connectivity index (χ4v) is 4.67. The van der Waals surface area contributed by atoms with Gasteiger partial charge in [-0.05, 0) is 36.8 Å². The number of anilines is 2. The molecule has 32 heavy (non-hydrogen) atoms. The van der Waals surface area contributed by atoms with Crippen LogP contribution in [0.1, 0.15) is 17.0 Å². The molecule has 3 atom stereocenters. The van der Waals surface area contributed by atoms with Gasteiger partial charge in [0.15, 0.2) is 0 Å². The molecule has 0 unspecified atom stereocenters. The van der Waals surface area contributed by atoms with Crippen LogP contribution < -0.4 is 19.7 Å². The Balaban J connectivity index is 1.34. The summed E-state index contributed by atoms with van der Waals surface area (Å²) in [6.07, 6.45) is 3.76. The van der Waals surface area contributed by atoms with Crippen molar-refractivity contribution in [2.45, 2.75) is 18.9 Å². The Morgan fingerprint density at radius 2 is 2.06 bits per heavy atom. The molecule has 3 aromatic rings. The average Bonchev–Trinajstić information content (AvgIpc) is 3.32. The molecule has 3 heterocycles. The lowest BCUT2D eigenvalue weighted by molar-refractivity contribution is 0.373. The van der Waals surface area contributed by atoms with E-state index in [2.05, 4.69) is 30.5 Å². The number of methoxy groups -OCH3 is 1. The van der Waals surface area contributed by atoms with Gasteiger partial charge in [-0.3, -0.25) is 0 Å². The standard InChI is InChI=1S/C21H23ClFN7O2/c1-29-21(32-15-5-6-17(23)16(22)8-15)26-20(28-29)25-19-12-3-4-13(19)11-30(10-12)14-7-18(31-2)27-24-9-14/h5-9,12-13,19H,3-4,10-11H2,1-2H3,(H,25,28)/t12-,13+,19+/i1D3. The van der Waals surface area contributed by atoms with Crippen molar-refractivity contribution in [2.24, 2.45) is 18.8 Å². The molecule has 1 saturated carbocycles. The highest BCUT2D eigenvalue weighted by Gasteiger charge is 2.42. The Kier molecular flexibility index (Phi) is 4.58. The molecule has 0 amide bonds. The number of fused-ring (bicyclic) bond motifs is 2. The molecule has 1 aromatic carbocycles. The first-order chi connectivity index (χ1) is 16.7. The number of benzene rings is 1. The predicted octanol–water partition coefficient (Wildman–Crippen LogP) is 3.53. The first kappa shape index (κ1) is 17.4. The van der Waals surface area contributed by atoms with Gasteiger partial charge in [-0.15, -0.1) is 10.2 Å². The number of piperidine rings is 1. The van der Waals surface area contributed by atoms with Crippen molar-refractivity contribution >= 4 is 23.2 Å². The van der Waals surface area contributed by atoms with Gasteiger partial charge in [0.1, 0.15) is 11.6 Å². The Labute approximate surface area is 193 Å². The van der Waals surface area contributed by atoms with E-state index in [4.69, 9.17) is 25.2 Å². The largest absolute Gasteiger partial charge is 0.480 e. The lowest BCUT2D eigenvalue weighted by Crippen LogP contribution is -2.48. The molecule has 1 aliphatic carbocycles. The van der Waals surface area contributed by atoms with Gasteiger partial charge in [0, 0.05) is 42.4 Å². The number of nitrogens with zero attached hydrogens (tertiary/aromatic N) is 6. The SMILES string of the molecule is [2H]C([2H])([2H])n1nc(N[C@H]2[C@@H]3CC[C@H]2CN(c2cnnc(OC)c2)C3)nc1Oc1ccc(F)c(Cl)c1. The normalized spacial score (nSPS) is 23.9.